The molecule has 0 fully saturated rings. The van der Waals surface area contributed by atoms with E-state index in [1.54, 1.807) is 15.3 Å². The predicted octanol–water partition coefficient (Wildman–Crippen LogP) is 4.08. The third-order valence-electron chi connectivity index (χ3n) is 3.53. The van der Waals surface area contributed by atoms with Crippen molar-refractivity contribution in [3.05, 3.63) is 21.4 Å². The van der Waals surface area contributed by atoms with E-state index in [4.69, 9.17) is 0 Å². The van der Waals surface area contributed by atoms with Gasteiger partial charge in [-0.1, -0.05) is 19.8 Å². The molecule has 1 aliphatic carbocycles. The summed E-state index contributed by atoms with van der Waals surface area (Å²) in [6.07, 6.45) is 9.36. The molecule has 0 spiro atoms. The van der Waals surface area contributed by atoms with Gasteiger partial charge in [0.2, 0.25) is 0 Å². The molecule has 0 saturated heterocycles. The highest BCUT2D eigenvalue weighted by Crippen LogP contribution is 2.33. The molecule has 0 aliphatic heterocycles. The maximum Gasteiger partial charge on any atom is 0.0412 e. The van der Waals surface area contributed by atoms with Crippen molar-refractivity contribution in [2.24, 2.45) is 0 Å². The number of hydrogen-bond donors (Lipinski definition) is 1. The van der Waals surface area contributed by atoms with E-state index in [2.05, 4.69) is 36.7 Å². The molecular weight excluding hydrogens is 214 g/mol. The van der Waals surface area contributed by atoms with Crippen LogP contribution in [0.5, 0.6) is 0 Å². The smallest absolute Gasteiger partial charge is 0.0412 e. The highest BCUT2D eigenvalue weighted by atomic mass is 32.1. The zero-order chi connectivity index (χ0) is 11.4. The molecule has 2 rings (SSSR count). The van der Waals surface area contributed by atoms with Gasteiger partial charge < -0.3 is 5.32 Å². The first kappa shape index (κ1) is 12.1. The van der Waals surface area contributed by atoms with Crippen molar-refractivity contribution in [1.29, 1.82) is 0 Å². The Morgan fingerprint density at radius 3 is 2.88 bits per heavy atom. The standard InChI is InChI=1S/C14H23NS/c1-3-7-12(15-2)14-10-11-8-5-4-6-9-13(11)16-14/h10,12,15H,3-9H2,1-2H3. The van der Waals surface area contributed by atoms with Crippen LogP contribution >= 0.6 is 11.3 Å². The lowest BCUT2D eigenvalue weighted by molar-refractivity contribution is 0.549. The fraction of sp³-hybridized carbons (Fsp3) is 0.714. The zero-order valence-corrected chi connectivity index (χ0v) is 11.3. The van der Waals surface area contributed by atoms with E-state index in [1.165, 1.54) is 44.9 Å². The number of fused-ring (bicyclic) bond motifs is 1. The number of aryl methyl sites for hydroxylation is 2. The van der Waals surface area contributed by atoms with Gasteiger partial charge in [0, 0.05) is 15.8 Å². The number of thiophene rings is 1. The Morgan fingerprint density at radius 2 is 2.12 bits per heavy atom. The molecule has 1 atom stereocenters. The summed E-state index contributed by atoms with van der Waals surface area (Å²) in [7, 11) is 2.09. The second-order valence-electron chi connectivity index (χ2n) is 4.79. The highest BCUT2D eigenvalue weighted by Gasteiger charge is 2.16. The summed E-state index contributed by atoms with van der Waals surface area (Å²) < 4.78 is 0. The summed E-state index contributed by atoms with van der Waals surface area (Å²) in [6.45, 7) is 2.27. The maximum absolute atomic E-state index is 3.45. The normalized spacial score (nSPS) is 17.9. The molecule has 0 aromatic carbocycles. The third kappa shape index (κ3) is 2.67. The SMILES string of the molecule is CCCC(NC)c1cc2c(s1)CCCCC2. The van der Waals surface area contributed by atoms with Crippen LogP contribution in [0, 0.1) is 0 Å². The first-order valence-electron chi connectivity index (χ1n) is 6.64. The van der Waals surface area contributed by atoms with Gasteiger partial charge >= 0.3 is 0 Å². The molecule has 1 aromatic heterocycles. The van der Waals surface area contributed by atoms with Crippen LogP contribution in [0.1, 0.15) is 60.4 Å². The second kappa shape index (κ2) is 5.83. The molecule has 0 saturated carbocycles. The van der Waals surface area contributed by atoms with E-state index in [-0.39, 0.29) is 0 Å². The van der Waals surface area contributed by atoms with Gasteiger partial charge in [-0.05, 0) is 50.8 Å². The minimum atomic E-state index is 0.585. The van der Waals surface area contributed by atoms with E-state index >= 15 is 0 Å². The molecule has 1 heterocycles. The molecule has 1 aliphatic rings. The van der Waals surface area contributed by atoms with Crippen LogP contribution in [-0.4, -0.2) is 7.05 Å². The second-order valence-corrected chi connectivity index (χ2v) is 5.96. The highest BCUT2D eigenvalue weighted by molar-refractivity contribution is 7.12. The molecule has 2 heteroatoms. The summed E-state index contributed by atoms with van der Waals surface area (Å²) in [5.41, 5.74) is 1.65. The van der Waals surface area contributed by atoms with Gasteiger partial charge in [0.25, 0.3) is 0 Å². The average Bonchev–Trinajstić information content (AvgIpc) is 2.57. The Morgan fingerprint density at radius 1 is 1.31 bits per heavy atom. The third-order valence-corrected chi connectivity index (χ3v) is 4.89. The van der Waals surface area contributed by atoms with Crippen molar-refractivity contribution in [2.45, 2.75) is 57.9 Å². The first-order valence-corrected chi connectivity index (χ1v) is 7.45. The number of hydrogen-bond acceptors (Lipinski definition) is 2. The van der Waals surface area contributed by atoms with Gasteiger partial charge in [-0.15, -0.1) is 11.3 Å². The van der Waals surface area contributed by atoms with Gasteiger partial charge in [-0.25, -0.2) is 0 Å². The summed E-state index contributed by atoms with van der Waals surface area (Å²) in [5, 5.41) is 3.45. The first-order chi connectivity index (χ1) is 7.85. The van der Waals surface area contributed by atoms with E-state index in [1.807, 2.05) is 0 Å². The van der Waals surface area contributed by atoms with Crippen molar-refractivity contribution in [2.75, 3.05) is 7.05 Å². The van der Waals surface area contributed by atoms with E-state index < -0.39 is 0 Å². The Kier molecular flexibility index (Phi) is 4.42. The molecule has 90 valence electrons. The van der Waals surface area contributed by atoms with Crippen molar-refractivity contribution in [1.82, 2.24) is 5.32 Å². The molecule has 0 bridgehead atoms. The monoisotopic (exact) mass is 237 g/mol. The molecule has 1 unspecified atom stereocenters. The van der Waals surface area contributed by atoms with Crippen molar-refractivity contribution in [3.63, 3.8) is 0 Å². The van der Waals surface area contributed by atoms with E-state index in [0.29, 0.717) is 6.04 Å². The molecule has 0 amide bonds. The van der Waals surface area contributed by atoms with Gasteiger partial charge in [-0.2, -0.15) is 0 Å². The van der Waals surface area contributed by atoms with Gasteiger partial charge in [-0.3, -0.25) is 0 Å². The fourth-order valence-corrected chi connectivity index (χ4v) is 3.98. The number of nitrogens with one attached hydrogen (secondary N) is 1. The van der Waals surface area contributed by atoms with Crippen LogP contribution in [0.15, 0.2) is 6.07 Å². The van der Waals surface area contributed by atoms with Gasteiger partial charge in [0.15, 0.2) is 0 Å². The summed E-state index contributed by atoms with van der Waals surface area (Å²) in [4.78, 5) is 3.24. The topological polar surface area (TPSA) is 12.0 Å². The maximum atomic E-state index is 3.45. The lowest BCUT2D eigenvalue weighted by Crippen LogP contribution is -2.14. The van der Waals surface area contributed by atoms with Crippen LogP contribution in [0.2, 0.25) is 0 Å². The van der Waals surface area contributed by atoms with Crippen LogP contribution in [0.3, 0.4) is 0 Å². The quantitative estimate of drug-likeness (QED) is 0.778. The molecule has 1 aromatic rings. The van der Waals surface area contributed by atoms with Gasteiger partial charge in [0.05, 0.1) is 0 Å². The lowest BCUT2D eigenvalue weighted by atomic mass is 10.1. The fourth-order valence-electron chi connectivity index (χ4n) is 2.58. The van der Waals surface area contributed by atoms with Crippen molar-refractivity contribution in [3.8, 4) is 0 Å². The van der Waals surface area contributed by atoms with Crippen molar-refractivity contribution < 1.29 is 0 Å². The molecule has 1 nitrogen and oxygen atoms in total. The van der Waals surface area contributed by atoms with Crippen LogP contribution in [-0.2, 0) is 12.8 Å². The van der Waals surface area contributed by atoms with E-state index in [9.17, 15) is 0 Å². The largest absolute Gasteiger partial charge is 0.312 e. The summed E-state index contributed by atoms with van der Waals surface area (Å²) in [5.74, 6) is 0. The molecule has 16 heavy (non-hydrogen) atoms. The molecular formula is C14H23NS. The zero-order valence-electron chi connectivity index (χ0n) is 10.5. The lowest BCUT2D eigenvalue weighted by Gasteiger charge is -2.12. The average molecular weight is 237 g/mol. The summed E-state index contributed by atoms with van der Waals surface area (Å²) >= 11 is 2.06. The minimum Gasteiger partial charge on any atom is -0.312 e. The Balaban J connectivity index is 2.16. The van der Waals surface area contributed by atoms with Gasteiger partial charge in [0.1, 0.15) is 0 Å². The summed E-state index contributed by atoms with van der Waals surface area (Å²) in [6, 6.07) is 3.06. The number of rotatable bonds is 4. The van der Waals surface area contributed by atoms with Crippen LogP contribution < -0.4 is 5.32 Å². The molecule has 0 radical (unpaired) electrons. The minimum absolute atomic E-state index is 0.585. The van der Waals surface area contributed by atoms with Crippen LogP contribution in [0.25, 0.3) is 0 Å². The predicted molar refractivity (Wildman–Crippen MR) is 72.3 cm³/mol. The van der Waals surface area contributed by atoms with Crippen molar-refractivity contribution >= 4 is 11.3 Å². The Hall–Kier alpha value is -0.340. The van der Waals surface area contributed by atoms with E-state index in [0.717, 1.165) is 0 Å². The molecule has 1 N–H and O–H groups in total. The Bertz CT molecular complexity index is 306. The van der Waals surface area contributed by atoms with Crippen LogP contribution in [0.4, 0.5) is 0 Å². The Labute approximate surface area is 103 Å².